The average molecular weight is 341 g/mol. The molecule has 0 amide bonds. The minimum absolute atomic E-state index is 0.0934. The lowest BCUT2D eigenvalue weighted by Crippen LogP contribution is -1.95. The summed E-state index contributed by atoms with van der Waals surface area (Å²) in [6, 6.07) is 6.54. The molecule has 3 aromatic rings. The first kappa shape index (κ1) is 16.1. The summed E-state index contributed by atoms with van der Waals surface area (Å²) in [7, 11) is 0. The van der Waals surface area contributed by atoms with E-state index in [0.717, 1.165) is 28.3 Å². The zero-order chi connectivity index (χ0) is 16.9. The van der Waals surface area contributed by atoms with Crippen molar-refractivity contribution >= 4 is 28.6 Å². The number of nitro groups is 1. The van der Waals surface area contributed by atoms with Gasteiger partial charge in [0.1, 0.15) is 16.9 Å². The number of thioether (sulfide) groups is 1. The average Bonchev–Trinajstić information content (AvgIpc) is 3.02. The van der Waals surface area contributed by atoms with Crippen molar-refractivity contribution in [3.63, 3.8) is 0 Å². The molecule has 1 aromatic carbocycles. The Balaban J connectivity index is 1.77. The first-order valence-corrected chi connectivity index (χ1v) is 8.30. The minimum atomic E-state index is -0.401. The third-order valence-electron chi connectivity index (χ3n) is 3.43. The van der Waals surface area contributed by atoms with Crippen LogP contribution in [0.15, 0.2) is 54.1 Å². The molecule has 3 rings (SSSR count). The fourth-order valence-electron chi connectivity index (χ4n) is 2.18. The molecule has 8 heteroatoms. The maximum absolute atomic E-state index is 10.7. The minimum Gasteiger partial charge on any atom is -0.311 e. The summed E-state index contributed by atoms with van der Waals surface area (Å²) in [6.45, 7) is 2.69. The SMILES string of the molecule is C/C=C/Cn1cnc2c(SCc3ccc([N+](=O)[O-])cc3)ncnc21. The van der Waals surface area contributed by atoms with Crippen LogP contribution in [0.2, 0.25) is 0 Å². The number of non-ortho nitro benzene ring substituents is 1. The largest absolute Gasteiger partial charge is 0.311 e. The van der Waals surface area contributed by atoms with Crippen molar-refractivity contribution in [2.45, 2.75) is 24.2 Å². The summed E-state index contributed by atoms with van der Waals surface area (Å²) in [5, 5.41) is 11.5. The Morgan fingerprint density at radius 1 is 1.25 bits per heavy atom. The van der Waals surface area contributed by atoms with Crippen molar-refractivity contribution in [2.75, 3.05) is 0 Å². The molecule has 122 valence electrons. The molecule has 0 spiro atoms. The van der Waals surface area contributed by atoms with Crippen molar-refractivity contribution in [1.29, 1.82) is 0 Å². The van der Waals surface area contributed by atoms with Gasteiger partial charge in [0.25, 0.3) is 5.69 Å². The molecule has 24 heavy (non-hydrogen) atoms. The van der Waals surface area contributed by atoms with Crippen molar-refractivity contribution in [2.24, 2.45) is 0 Å². The maximum Gasteiger partial charge on any atom is 0.269 e. The first-order valence-electron chi connectivity index (χ1n) is 7.32. The fourth-order valence-corrected chi connectivity index (χ4v) is 3.08. The Morgan fingerprint density at radius 2 is 2.04 bits per heavy atom. The third-order valence-corrected chi connectivity index (χ3v) is 4.48. The normalized spacial score (nSPS) is 11.4. The van der Waals surface area contributed by atoms with E-state index in [4.69, 9.17) is 0 Å². The highest BCUT2D eigenvalue weighted by molar-refractivity contribution is 7.98. The van der Waals surface area contributed by atoms with Crippen LogP contribution in [0.4, 0.5) is 5.69 Å². The lowest BCUT2D eigenvalue weighted by atomic mass is 10.2. The molecule has 0 saturated heterocycles. The molecule has 0 atom stereocenters. The van der Waals surface area contributed by atoms with Crippen LogP contribution >= 0.6 is 11.8 Å². The van der Waals surface area contributed by atoms with Crippen LogP contribution in [0.25, 0.3) is 11.2 Å². The van der Waals surface area contributed by atoms with E-state index in [0.29, 0.717) is 5.75 Å². The monoisotopic (exact) mass is 341 g/mol. The van der Waals surface area contributed by atoms with E-state index >= 15 is 0 Å². The van der Waals surface area contributed by atoms with Gasteiger partial charge in [-0.15, -0.1) is 0 Å². The van der Waals surface area contributed by atoms with E-state index in [1.807, 2.05) is 23.6 Å². The molecule has 7 nitrogen and oxygen atoms in total. The van der Waals surface area contributed by atoms with Gasteiger partial charge in [-0.2, -0.15) is 0 Å². The highest BCUT2D eigenvalue weighted by atomic mass is 32.2. The number of imidazole rings is 1. The van der Waals surface area contributed by atoms with Crippen LogP contribution in [0.1, 0.15) is 12.5 Å². The smallest absolute Gasteiger partial charge is 0.269 e. The number of hydrogen-bond donors (Lipinski definition) is 0. The van der Waals surface area contributed by atoms with Crippen molar-refractivity contribution < 1.29 is 4.92 Å². The molecule has 0 aliphatic heterocycles. The third kappa shape index (κ3) is 3.43. The van der Waals surface area contributed by atoms with Gasteiger partial charge in [-0.3, -0.25) is 10.1 Å². The van der Waals surface area contributed by atoms with Gasteiger partial charge in [-0.05, 0) is 12.5 Å². The van der Waals surface area contributed by atoms with Gasteiger partial charge < -0.3 is 4.57 Å². The lowest BCUT2D eigenvalue weighted by Gasteiger charge is -2.03. The van der Waals surface area contributed by atoms with E-state index in [1.54, 1.807) is 18.5 Å². The molecule has 0 saturated carbocycles. The molecule has 2 heterocycles. The maximum atomic E-state index is 10.7. The van der Waals surface area contributed by atoms with Crippen LogP contribution in [0, 0.1) is 10.1 Å². The van der Waals surface area contributed by atoms with E-state index in [2.05, 4.69) is 15.0 Å². The van der Waals surface area contributed by atoms with Crippen LogP contribution in [-0.4, -0.2) is 24.4 Å². The van der Waals surface area contributed by atoms with E-state index in [-0.39, 0.29) is 5.69 Å². The Hall–Kier alpha value is -2.74. The van der Waals surface area contributed by atoms with Gasteiger partial charge in [-0.1, -0.05) is 36.0 Å². The lowest BCUT2D eigenvalue weighted by molar-refractivity contribution is -0.384. The van der Waals surface area contributed by atoms with Crippen molar-refractivity contribution in [3.05, 3.63) is 64.7 Å². The van der Waals surface area contributed by atoms with Crippen LogP contribution in [-0.2, 0) is 12.3 Å². The quantitative estimate of drug-likeness (QED) is 0.224. The molecule has 0 aliphatic rings. The molecule has 2 aromatic heterocycles. The van der Waals surface area contributed by atoms with Crippen LogP contribution < -0.4 is 0 Å². The van der Waals surface area contributed by atoms with Gasteiger partial charge >= 0.3 is 0 Å². The number of benzene rings is 1. The Labute approximate surface area is 142 Å². The first-order chi connectivity index (χ1) is 11.7. The van der Waals surface area contributed by atoms with E-state index in [1.165, 1.54) is 30.2 Å². The summed E-state index contributed by atoms with van der Waals surface area (Å²) in [5.41, 5.74) is 2.66. The highest BCUT2D eigenvalue weighted by Gasteiger charge is 2.11. The molecular formula is C16H15N5O2S. The number of allylic oxidation sites excluding steroid dienone is 2. The predicted molar refractivity (Wildman–Crippen MR) is 92.8 cm³/mol. The number of nitrogens with zero attached hydrogens (tertiary/aromatic N) is 5. The number of aromatic nitrogens is 4. The van der Waals surface area contributed by atoms with Crippen molar-refractivity contribution in [1.82, 2.24) is 19.5 Å². The number of fused-ring (bicyclic) bond motifs is 1. The van der Waals surface area contributed by atoms with Gasteiger partial charge in [-0.25, -0.2) is 15.0 Å². The summed E-state index contributed by atoms with van der Waals surface area (Å²) < 4.78 is 1.97. The molecule has 0 aliphatic carbocycles. The van der Waals surface area contributed by atoms with Crippen LogP contribution in [0.3, 0.4) is 0 Å². The molecule has 0 radical (unpaired) electrons. The Morgan fingerprint density at radius 3 is 2.75 bits per heavy atom. The standard InChI is InChI=1S/C16H15N5O2S/c1-2-3-8-20-11-19-14-15(20)17-10-18-16(14)24-9-12-4-6-13(7-5-12)21(22)23/h2-7,10-11H,8-9H2,1H3/b3-2+. The number of rotatable bonds is 6. The topological polar surface area (TPSA) is 86.7 Å². The van der Waals surface area contributed by atoms with E-state index in [9.17, 15) is 10.1 Å². The molecule has 0 fully saturated rings. The number of nitro benzene ring substituents is 1. The van der Waals surface area contributed by atoms with Gasteiger partial charge in [0.2, 0.25) is 0 Å². The van der Waals surface area contributed by atoms with Gasteiger partial charge in [0.15, 0.2) is 5.65 Å². The second kappa shape index (κ2) is 7.22. The second-order valence-corrected chi connectivity index (χ2v) is 5.99. The summed E-state index contributed by atoms with van der Waals surface area (Å²) in [6.07, 6.45) is 7.31. The predicted octanol–water partition coefficient (Wildman–Crippen LogP) is 3.60. The van der Waals surface area contributed by atoms with Crippen molar-refractivity contribution in [3.8, 4) is 0 Å². The molecule has 0 bridgehead atoms. The molecular weight excluding hydrogens is 326 g/mol. The van der Waals surface area contributed by atoms with Crippen LogP contribution in [0.5, 0.6) is 0 Å². The highest BCUT2D eigenvalue weighted by Crippen LogP contribution is 2.27. The fraction of sp³-hybridized carbons (Fsp3) is 0.188. The zero-order valence-corrected chi connectivity index (χ0v) is 13.8. The summed E-state index contributed by atoms with van der Waals surface area (Å²) in [4.78, 5) is 23.3. The Kier molecular flexibility index (Phi) is 4.85. The second-order valence-electron chi connectivity index (χ2n) is 5.03. The zero-order valence-electron chi connectivity index (χ0n) is 13.0. The summed E-state index contributed by atoms with van der Waals surface area (Å²) >= 11 is 1.54. The van der Waals surface area contributed by atoms with Gasteiger partial charge in [0.05, 0.1) is 11.3 Å². The molecule has 0 unspecified atom stereocenters. The number of hydrogen-bond acceptors (Lipinski definition) is 6. The summed E-state index contributed by atoms with van der Waals surface area (Å²) in [5.74, 6) is 0.659. The van der Waals surface area contributed by atoms with E-state index < -0.39 is 4.92 Å². The Bertz CT molecular complexity index is 889. The van der Waals surface area contributed by atoms with Gasteiger partial charge in [0, 0.05) is 24.4 Å². The molecule has 0 N–H and O–H groups in total.